The van der Waals surface area contributed by atoms with Crippen LogP contribution in [0.4, 0.5) is 9.18 Å². The first-order valence-corrected chi connectivity index (χ1v) is 6.84. The van der Waals surface area contributed by atoms with Gasteiger partial charge in [0.1, 0.15) is 11.9 Å². The molecule has 0 saturated carbocycles. The Labute approximate surface area is 123 Å². The van der Waals surface area contributed by atoms with Gasteiger partial charge in [0.15, 0.2) is 0 Å². The van der Waals surface area contributed by atoms with Crippen LogP contribution in [-0.2, 0) is 11.3 Å². The van der Waals surface area contributed by atoms with Gasteiger partial charge in [-0.05, 0) is 23.6 Å². The molecule has 0 bridgehead atoms. The number of rotatable bonds is 6. The Hall–Kier alpha value is -2.11. The van der Waals surface area contributed by atoms with Crippen LogP contribution in [0.2, 0.25) is 0 Å². The summed E-state index contributed by atoms with van der Waals surface area (Å²) < 4.78 is 13.1. The maximum absolute atomic E-state index is 13.1. The summed E-state index contributed by atoms with van der Waals surface area (Å²) >= 11 is 0. The predicted octanol–water partition coefficient (Wildman–Crippen LogP) is 2.47. The van der Waals surface area contributed by atoms with Gasteiger partial charge in [0.05, 0.1) is 0 Å². The molecule has 0 radical (unpaired) electrons. The summed E-state index contributed by atoms with van der Waals surface area (Å²) in [4.78, 5) is 24.5. The lowest BCUT2D eigenvalue weighted by Crippen LogP contribution is -2.49. The van der Waals surface area contributed by atoms with Crippen molar-refractivity contribution in [1.29, 1.82) is 0 Å². The maximum atomic E-state index is 13.1. The highest BCUT2D eigenvalue weighted by Crippen LogP contribution is 2.10. The maximum Gasteiger partial charge on any atom is 0.326 e. The fourth-order valence-electron chi connectivity index (χ4n) is 1.91. The number of carbonyl (C=O) groups excluding carboxylic acids is 1. The smallest absolute Gasteiger partial charge is 0.326 e. The van der Waals surface area contributed by atoms with E-state index in [4.69, 9.17) is 5.11 Å². The van der Waals surface area contributed by atoms with Crippen molar-refractivity contribution in [3.05, 3.63) is 35.6 Å². The van der Waals surface area contributed by atoms with E-state index in [1.165, 1.54) is 24.1 Å². The van der Waals surface area contributed by atoms with Gasteiger partial charge in [-0.15, -0.1) is 0 Å². The molecule has 6 heteroatoms. The lowest BCUT2D eigenvalue weighted by atomic mass is 9.99. The molecule has 0 aliphatic heterocycles. The van der Waals surface area contributed by atoms with Crippen molar-refractivity contribution in [1.82, 2.24) is 10.2 Å². The van der Waals surface area contributed by atoms with E-state index in [2.05, 4.69) is 5.32 Å². The molecule has 2 N–H and O–H groups in total. The molecular formula is C15H21FN2O3. The summed E-state index contributed by atoms with van der Waals surface area (Å²) in [6, 6.07) is 4.51. The van der Waals surface area contributed by atoms with Gasteiger partial charge >= 0.3 is 12.0 Å². The zero-order valence-corrected chi connectivity index (χ0v) is 12.5. The molecule has 2 atom stereocenters. The standard InChI is InChI=1S/C15H21FN2O3/c1-4-10(2)13(14(19)20)17-15(21)18(3)9-11-6-5-7-12(16)8-11/h5-8,10,13H,4,9H2,1-3H3,(H,17,21)(H,19,20)/t10?,13-/m0/s1. The minimum atomic E-state index is -1.06. The van der Waals surface area contributed by atoms with Crippen molar-refractivity contribution < 1.29 is 19.1 Å². The van der Waals surface area contributed by atoms with E-state index >= 15 is 0 Å². The number of urea groups is 1. The molecule has 5 nitrogen and oxygen atoms in total. The zero-order valence-electron chi connectivity index (χ0n) is 12.5. The van der Waals surface area contributed by atoms with E-state index in [9.17, 15) is 14.0 Å². The third-order valence-corrected chi connectivity index (χ3v) is 3.41. The van der Waals surface area contributed by atoms with Gasteiger partial charge in [0, 0.05) is 13.6 Å². The van der Waals surface area contributed by atoms with E-state index in [-0.39, 0.29) is 18.3 Å². The third kappa shape index (κ3) is 5.06. The lowest BCUT2D eigenvalue weighted by Gasteiger charge is -2.24. The Balaban J connectivity index is 2.67. The minimum absolute atomic E-state index is 0.172. The second kappa shape index (κ2) is 7.61. The van der Waals surface area contributed by atoms with E-state index in [0.717, 1.165) is 0 Å². The Morgan fingerprint density at radius 2 is 2.10 bits per heavy atom. The Morgan fingerprint density at radius 3 is 2.62 bits per heavy atom. The zero-order chi connectivity index (χ0) is 16.0. The number of carbonyl (C=O) groups is 2. The van der Waals surface area contributed by atoms with Crippen molar-refractivity contribution in [2.45, 2.75) is 32.9 Å². The van der Waals surface area contributed by atoms with Gasteiger partial charge in [-0.2, -0.15) is 0 Å². The number of nitrogens with zero attached hydrogens (tertiary/aromatic N) is 1. The van der Waals surface area contributed by atoms with Crippen LogP contribution in [0.15, 0.2) is 24.3 Å². The number of hydrogen-bond donors (Lipinski definition) is 2. The Bertz CT molecular complexity index is 507. The van der Waals surface area contributed by atoms with Gasteiger partial charge in [-0.25, -0.2) is 14.0 Å². The highest BCUT2D eigenvalue weighted by Gasteiger charge is 2.26. The molecular weight excluding hydrogens is 275 g/mol. The number of carboxylic acids is 1. The average molecular weight is 296 g/mol. The number of hydrogen-bond acceptors (Lipinski definition) is 2. The van der Waals surface area contributed by atoms with Crippen LogP contribution in [0.5, 0.6) is 0 Å². The minimum Gasteiger partial charge on any atom is -0.480 e. The normalized spacial score (nSPS) is 13.3. The molecule has 0 spiro atoms. The van der Waals surface area contributed by atoms with Crippen LogP contribution < -0.4 is 5.32 Å². The summed E-state index contributed by atoms with van der Waals surface area (Å²) in [6.45, 7) is 3.84. The van der Waals surface area contributed by atoms with Gasteiger partial charge in [0.25, 0.3) is 0 Å². The van der Waals surface area contributed by atoms with E-state index in [0.29, 0.717) is 12.0 Å². The molecule has 21 heavy (non-hydrogen) atoms. The van der Waals surface area contributed by atoms with Crippen molar-refractivity contribution in [3.63, 3.8) is 0 Å². The molecule has 1 rings (SSSR count). The number of carboxylic acid groups (broad SMARTS) is 1. The number of benzene rings is 1. The van der Waals surface area contributed by atoms with Crippen molar-refractivity contribution in [3.8, 4) is 0 Å². The summed E-state index contributed by atoms with van der Waals surface area (Å²) in [6.07, 6.45) is 0.644. The molecule has 0 aliphatic rings. The largest absolute Gasteiger partial charge is 0.480 e. The molecule has 0 heterocycles. The number of amides is 2. The molecule has 1 aromatic rings. The van der Waals surface area contributed by atoms with Gasteiger partial charge in [-0.3, -0.25) is 0 Å². The predicted molar refractivity (Wildman–Crippen MR) is 77.3 cm³/mol. The van der Waals surface area contributed by atoms with Gasteiger partial charge in [-0.1, -0.05) is 32.4 Å². The summed E-state index contributed by atoms with van der Waals surface area (Å²) in [7, 11) is 1.54. The molecule has 0 fully saturated rings. The molecule has 1 unspecified atom stereocenters. The van der Waals surface area contributed by atoms with Crippen LogP contribution in [-0.4, -0.2) is 35.1 Å². The van der Waals surface area contributed by atoms with Crippen LogP contribution in [0.25, 0.3) is 0 Å². The highest BCUT2D eigenvalue weighted by molar-refractivity contribution is 5.82. The molecule has 116 valence electrons. The number of nitrogens with one attached hydrogen (secondary N) is 1. The third-order valence-electron chi connectivity index (χ3n) is 3.41. The summed E-state index contributed by atoms with van der Waals surface area (Å²) in [5.74, 6) is -1.60. The fourth-order valence-corrected chi connectivity index (χ4v) is 1.91. The first kappa shape index (κ1) is 16.9. The fraction of sp³-hybridized carbons (Fsp3) is 0.467. The Morgan fingerprint density at radius 1 is 1.43 bits per heavy atom. The van der Waals surface area contributed by atoms with Crippen LogP contribution >= 0.6 is 0 Å². The quantitative estimate of drug-likeness (QED) is 0.847. The first-order valence-electron chi connectivity index (χ1n) is 6.84. The Kier molecular flexibility index (Phi) is 6.14. The van der Waals surface area contributed by atoms with E-state index in [1.54, 1.807) is 19.1 Å². The molecule has 0 aliphatic carbocycles. The second-order valence-electron chi connectivity index (χ2n) is 5.14. The SMILES string of the molecule is CCC(C)[C@H](NC(=O)N(C)Cc1cccc(F)c1)C(=O)O. The first-order chi connectivity index (χ1) is 9.85. The molecule has 0 saturated heterocycles. The van der Waals surface area contributed by atoms with Gasteiger partial charge < -0.3 is 15.3 Å². The van der Waals surface area contributed by atoms with Crippen LogP contribution in [0.3, 0.4) is 0 Å². The molecule has 0 aromatic heterocycles. The average Bonchev–Trinajstić information content (AvgIpc) is 2.43. The van der Waals surface area contributed by atoms with Crippen LogP contribution in [0, 0.1) is 11.7 Å². The van der Waals surface area contributed by atoms with E-state index in [1.807, 2.05) is 6.92 Å². The number of aliphatic carboxylic acids is 1. The van der Waals surface area contributed by atoms with Gasteiger partial charge in [0.2, 0.25) is 0 Å². The number of halogens is 1. The van der Waals surface area contributed by atoms with E-state index < -0.39 is 18.0 Å². The topological polar surface area (TPSA) is 69.6 Å². The van der Waals surface area contributed by atoms with Crippen molar-refractivity contribution in [2.24, 2.45) is 5.92 Å². The summed E-state index contributed by atoms with van der Waals surface area (Å²) in [5, 5.41) is 11.6. The monoisotopic (exact) mass is 296 g/mol. The lowest BCUT2D eigenvalue weighted by molar-refractivity contribution is -0.140. The van der Waals surface area contributed by atoms with Crippen LogP contribution in [0.1, 0.15) is 25.8 Å². The second-order valence-corrected chi connectivity index (χ2v) is 5.14. The molecule has 1 aromatic carbocycles. The van der Waals surface area contributed by atoms with Crippen molar-refractivity contribution in [2.75, 3.05) is 7.05 Å². The highest BCUT2D eigenvalue weighted by atomic mass is 19.1. The molecule has 2 amide bonds. The van der Waals surface area contributed by atoms with Crippen molar-refractivity contribution >= 4 is 12.0 Å². The summed E-state index contributed by atoms with van der Waals surface area (Å²) in [5.41, 5.74) is 0.642.